The Morgan fingerprint density at radius 3 is 2.69 bits per heavy atom. The fourth-order valence-electron chi connectivity index (χ4n) is 1.26. The van der Waals surface area contributed by atoms with Crippen LogP contribution >= 0.6 is 11.3 Å². The largest absolute Gasteiger partial charge is 1.00 e. The van der Waals surface area contributed by atoms with Crippen LogP contribution in [0.3, 0.4) is 0 Å². The van der Waals surface area contributed by atoms with E-state index in [0.717, 1.165) is 21.6 Å². The van der Waals surface area contributed by atoms with Crippen LogP contribution in [0.2, 0.25) is 0 Å². The van der Waals surface area contributed by atoms with Crippen LogP contribution in [0.15, 0.2) is 23.1 Å². The molecule has 0 radical (unpaired) electrons. The van der Waals surface area contributed by atoms with E-state index in [1.54, 1.807) is 6.07 Å². The van der Waals surface area contributed by atoms with Crippen molar-refractivity contribution in [2.75, 3.05) is 0 Å². The van der Waals surface area contributed by atoms with Crippen LogP contribution in [0, 0.1) is 0 Å². The van der Waals surface area contributed by atoms with Gasteiger partial charge in [0, 0.05) is 0 Å². The molecule has 1 aromatic heterocycles. The van der Waals surface area contributed by atoms with Crippen LogP contribution in [-0.2, 0) is 16.5 Å². The first-order valence-electron chi connectivity index (χ1n) is 4.36. The van der Waals surface area contributed by atoms with Gasteiger partial charge in [0.1, 0.15) is 10.1 Å². The summed E-state index contributed by atoms with van der Waals surface area (Å²) in [6.07, 6.45) is 0.804. The van der Waals surface area contributed by atoms with Crippen molar-refractivity contribution < 1.29 is 31.8 Å². The minimum Gasteiger partial charge on any atom is -0.744 e. The van der Waals surface area contributed by atoms with Crippen LogP contribution in [0.5, 0.6) is 0 Å². The van der Waals surface area contributed by atoms with E-state index in [1.807, 2.05) is 6.92 Å². The van der Waals surface area contributed by atoms with Crippen molar-refractivity contribution in [2.24, 2.45) is 0 Å². The van der Waals surface area contributed by atoms with E-state index in [-0.39, 0.29) is 23.8 Å². The summed E-state index contributed by atoms with van der Waals surface area (Å²) in [6, 6.07) is 4.24. The van der Waals surface area contributed by atoms with Crippen molar-refractivity contribution in [2.45, 2.75) is 18.2 Å². The Hall–Kier alpha value is -0.383. The molecule has 0 saturated carbocycles. The van der Waals surface area contributed by atoms with E-state index < -0.39 is 10.1 Å². The van der Waals surface area contributed by atoms with Crippen LogP contribution in [-0.4, -0.2) is 18.0 Å². The topological polar surface area (TPSA) is 70.1 Å². The maximum absolute atomic E-state index is 10.8. The summed E-state index contributed by atoms with van der Waals surface area (Å²) in [4.78, 5) is 4.08. The van der Waals surface area contributed by atoms with Crippen molar-refractivity contribution in [1.82, 2.24) is 4.98 Å². The number of rotatable bonds is 2. The Morgan fingerprint density at radius 2 is 2.12 bits per heavy atom. The molecule has 2 rings (SSSR count). The van der Waals surface area contributed by atoms with Gasteiger partial charge in [0.05, 0.1) is 20.1 Å². The minimum atomic E-state index is -4.36. The Balaban J connectivity index is 0.00000128. The van der Waals surface area contributed by atoms with E-state index in [0.29, 0.717) is 0 Å². The maximum Gasteiger partial charge on any atom is 1.00 e. The zero-order valence-electron chi connectivity index (χ0n) is 8.93. The number of hydrogen-bond acceptors (Lipinski definition) is 5. The Kier molecular flexibility index (Phi) is 4.16. The van der Waals surface area contributed by atoms with E-state index in [4.69, 9.17) is 0 Å². The fourth-order valence-corrected chi connectivity index (χ4v) is 2.78. The number of aryl methyl sites for hydroxylation is 1. The second kappa shape index (κ2) is 4.86. The second-order valence-corrected chi connectivity index (χ2v) is 5.54. The number of fused-ring (bicyclic) bond motifs is 1. The second-order valence-electron chi connectivity index (χ2n) is 3.04. The fraction of sp³-hybridized carbons (Fsp3) is 0.222. The molecule has 0 atom stereocenters. The third kappa shape index (κ3) is 2.65. The van der Waals surface area contributed by atoms with Crippen molar-refractivity contribution in [1.29, 1.82) is 0 Å². The molecule has 7 heteroatoms. The molecule has 0 aliphatic heterocycles. The van der Waals surface area contributed by atoms with Gasteiger partial charge >= 0.3 is 18.9 Å². The van der Waals surface area contributed by atoms with Gasteiger partial charge in [0.15, 0.2) is 0 Å². The molecule has 0 saturated heterocycles. The average Bonchev–Trinajstić information content (AvgIpc) is 2.57. The van der Waals surface area contributed by atoms with Gasteiger partial charge in [0.2, 0.25) is 0 Å². The van der Waals surface area contributed by atoms with Gasteiger partial charge in [-0.15, -0.1) is 11.3 Å². The molecule has 0 aliphatic rings. The summed E-state index contributed by atoms with van der Waals surface area (Å²) in [6.45, 7) is 1.98. The van der Waals surface area contributed by atoms with Gasteiger partial charge in [-0.2, -0.15) is 0 Å². The number of nitrogens with zero attached hydrogens (tertiary/aromatic N) is 1. The molecule has 1 heterocycles. The molecule has 80 valence electrons. The SMILES string of the molecule is CCc1nc2ccc(S(=O)(=O)[O-])cc2s1.[Li+]. The molecule has 0 spiro atoms. The van der Waals surface area contributed by atoms with Crippen LogP contribution in [0.25, 0.3) is 10.2 Å². The summed E-state index contributed by atoms with van der Waals surface area (Å²) >= 11 is 1.41. The maximum atomic E-state index is 10.8. The van der Waals surface area contributed by atoms with Crippen molar-refractivity contribution in [3.05, 3.63) is 23.2 Å². The van der Waals surface area contributed by atoms with Gasteiger partial charge in [0.25, 0.3) is 0 Å². The van der Waals surface area contributed by atoms with Crippen molar-refractivity contribution in [3.63, 3.8) is 0 Å². The third-order valence-corrected chi connectivity index (χ3v) is 3.99. The average molecular weight is 249 g/mol. The van der Waals surface area contributed by atoms with Gasteiger partial charge in [-0.05, 0) is 24.6 Å². The minimum absolute atomic E-state index is 0. The smallest absolute Gasteiger partial charge is 0.744 e. The van der Waals surface area contributed by atoms with Gasteiger partial charge < -0.3 is 4.55 Å². The summed E-state index contributed by atoms with van der Waals surface area (Å²) in [5.74, 6) is 0. The van der Waals surface area contributed by atoms with Gasteiger partial charge in [-0.3, -0.25) is 0 Å². The Bertz CT molecular complexity index is 606. The standard InChI is InChI=1S/C9H9NO3S2.Li/c1-2-9-10-7-4-3-6(15(11,12)13)5-8(7)14-9;/h3-5H,2H2,1H3,(H,11,12,13);/q;+1/p-1. The molecule has 2 aromatic rings. The first-order valence-corrected chi connectivity index (χ1v) is 6.58. The quantitative estimate of drug-likeness (QED) is 0.493. The summed E-state index contributed by atoms with van der Waals surface area (Å²) in [7, 11) is -4.36. The first kappa shape index (κ1) is 13.7. The number of aromatic nitrogens is 1. The Morgan fingerprint density at radius 1 is 1.44 bits per heavy atom. The monoisotopic (exact) mass is 249 g/mol. The van der Waals surface area contributed by atoms with Gasteiger partial charge in [-0.1, -0.05) is 6.92 Å². The Labute approximate surface area is 110 Å². The predicted molar refractivity (Wildman–Crippen MR) is 57.0 cm³/mol. The third-order valence-electron chi connectivity index (χ3n) is 2.00. The summed E-state index contributed by atoms with van der Waals surface area (Å²) < 4.78 is 33.1. The van der Waals surface area contributed by atoms with E-state index >= 15 is 0 Å². The van der Waals surface area contributed by atoms with E-state index in [1.165, 1.54) is 23.5 Å². The van der Waals surface area contributed by atoms with Crippen molar-refractivity contribution in [3.8, 4) is 0 Å². The molecular formula is C9H8LiNO3S2. The normalized spacial score (nSPS) is 11.4. The van der Waals surface area contributed by atoms with Crippen LogP contribution in [0.1, 0.15) is 11.9 Å². The molecular weight excluding hydrogens is 241 g/mol. The van der Waals surface area contributed by atoms with Crippen molar-refractivity contribution >= 4 is 31.7 Å². The zero-order chi connectivity index (χ0) is 11.1. The molecule has 16 heavy (non-hydrogen) atoms. The molecule has 0 bridgehead atoms. The zero-order valence-corrected chi connectivity index (χ0v) is 10.6. The molecule has 0 N–H and O–H groups in total. The molecule has 1 aromatic carbocycles. The molecule has 4 nitrogen and oxygen atoms in total. The van der Waals surface area contributed by atoms with E-state index in [9.17, 15) is 13.0 Å². The van der Waals surface area contributed by atoms with Crippen LogP contribution in [0.4, 0.5) is 0 Å². The number of hydrogen-bond donors (Lipinski definition) is 0. The number of thiazole rings is 1. The molecule has 0 fully saturated rings. The summed E-state index contributed by atoms with van der Waals surface area (Å²) in [5.41, 5.74) is 0.740. The summed E-state index contributed by atoms with van der Waals surface area (Å²) in [5, 5.41) is 0.936. The van der Waals surface area contributed by atoms with Crippen LogP contribution < -0.4 is 18.9 Å². The van der Waals surface area contributed by atoms with E-state index in [2.05, 4.69) is 4.98 Å². The van der Waals surface area contributed by atoms with Gasteiger partial charge in [-0.25, -0.2) is 13.4 Å². The first-order chi connectivity index (χ1) is 7.00. The molecule has 0 aliphatic carbocycles. The number of benzene rings is 1. The predicted octanol–water partition coefficient (Wildman–Crippen LogP) is -1.23. The molecule has 0 amide bonds. The molecule has 0 unspecified atom stereocenters.